The molecule has 0 radical (unpaired) electrons. The van der Waals surface area contributed by atoms with E-state index in [1.807, 2.05) is 6.07 Å². The molecule has 0 aliphatic heterocycles. The van der Waals surface area contributed by atoms with E-state index in [9.17, 15) is 0 Å². The number of benzene rings is 1. The zero-order chi connectivity index (χ0) is 16.7. The molecule has 2 N–H and O–H groups in total. The number of rotatable bonds is 4. The number of fused-ring (bicyclic) bond motifs is 1. The van der Waals surface area contributed by atoms with Crippen LogP contribution in [0.3, 0.4) is 0 Å². The first-order valence-corrected chi connectivity index (χ1v) is 11.0. The molecule has 1 aromatic heterocycles. The Hall–Kier alpha value is -0.973. The highest BCUT2D eigenvalue weighted by atomic mass is 35.5. The van der Waals surface area contributed by atoms with E-state index in [1.165, 1.54) is 11.1 Å². The van der Waals surface area contributed by atoms with Gasteiger partial charge in [-0.1, -0.05) is 45.5 Å². The van der Waals surface area contributed by atoms with Crippen molar-refractivity contribution in [3.63, 3.8) is 0 Å². The van der Waals surface area contributed by atoms with Crippen LogP contribution in [0.4, 0.5) is 0 Å². The molecule has 22 heavy (non-hydrogen) atoms. The Balaban J connectivity index is 2.82. The van der Waals surface area contributed by atoms with Crippen LogP contribution >= 0.6 is 11.6 Å². The fourth-order valence-electron chi connectivity index (χ4n) is 2.65. The SMILES string of the molecule is COc1cc(Cl)c2c(CCN)cn([Si](C)(C)C(C)(C)C)c2c1. The monoisotopic (exact) mass is 338 g/mol. The normalized spacial score (nSPS) is 12.9. The van der Waals surface area contributed by atoms with Crippen molar-refractivity contribution in [3.05, 3.63) is 28.9 Å². The van der Waals surface area contributed by atoms with Gasteiger partial charge in [-0.3, -0.25) is 0 Å². The van der Waals surface area contributed by atoms with Crippen molar-refractivity contribution >= 4 is 30.7 Å². The summed E-state index contributed by atoms with van der Waals surface area (Å²) in [5, 5.41) is 2.10. The van der Waals surface area contributed by atoms with E-state index < -0.39 is 8.24 Å². The molecule has 3 nitrogen and oxygen atoms in total. The largest absolute Gasteiger partial charge is 0.497 e. The van der Waals surface area contributed by atoms with Crippen LogP contribution in [-0.2, 0) is 6.42 Å². The fourth-order valence-corrected chi connectivity index (χ4v) is 4.96. The van der Waals surface area contributed by atoms with Crippen molar-refractivity contribution < 1.29 is 4.74 Å². The first kappa shape index (κ1) is 17.4. The number of hydrogen-bond acceptors (Lipinski definition) is 2. The maximum Gasteiger partial charge on any atom is 0.161 e. The van der Waals surface area contributed by atoms with Crippen LogP contribution in [-0.4, -0.2) is 26.1 Å². The molecule has 1 heterocycles. The molecule has 5 heteroatoms. The summed E-state index contributed by atoms with van der Waals surface area (Å²) in [5.41, 5.74) is 8.19. The van der Waals surface area contributed by atoms with E-state index in [2.05, 4.69) is 50.4 Å². The molecule has 0 aliphatic carbocycles. The number of nitrogens with two attached hydrogens (primary N) is 1. The topological polar surface area (TPSA) is 40.2 Å². The minimum absolute atomic E-state index is 0.231. The highest BCUT2D eigenvalue weighted by Gasteiger charge is 2.38. The average molecular weight is 339 g/mol. The molecule has 0 atom stereocenters. The highest BCUT2D eigenvalue weighted by Crippen LogP contribution is 2.42. The minimum atomic E-state index is -1.75. The number of methoxy groups -OCH3 is 1. The summed E-state index contributed by atoms with van der Waals surface area (Å²) >= 11 is 6.54. The second-order valence-electron chi connectivity index (χ2n) is 7.38. The summed E-state index contributed by atoms with van der Waals surface area (Å²) in [6, 6.07) is 3.99. The summed E-state index contributed by atoms with van der Waals surface area (Å²) < 4.78 is 7.88. The van der Waals surface area contributed by atoms with Gasteiger partial charge in [0.2, 0.25) is 0 Å². The second kappa shape index (κ2) is 5.91. The first-order chi connectivity index (χ1) is 10.1. The van der Waals surface area contributed by atoms with Gasteiger partial charge in [-0.15, -0.1) is 0 Å². The van der Waals surface area contributed by atoms with Gasteiger partial charge in [0.25, 0.3) is 0 Å². The van der Waals surface area contributed by atoms with Crippen LogP contribution in [0.15, 0.2) is 18.3 Å². The van der Waals surface area contributed by atoms with Crippen molar-refractivity contribution in [2.24, 2.45) is 5.73 Å². The third kappa shape index (κ3) is 2.80. The number of hydrogen-bond donors (Lipinski definition) is 1. The van der Waals surface area contributed by atoms with Crippen molar-refractivity contribution in [3.8, 4) is 5.75 Å². The lowest BCUT2D eigenvalue weighted by Crippen LogP contribution is -2.44. The average Bonchev–Trinajstić information content (AvgIpc) is 2.77. The predicted molar refractivity (Wildman–Crippen MR) is 98.9 cm³/mol. The molecule has 0 unspecified atom stereocenters. The summed E-state index contributed by atoms with van der Waals surface area (Å²) in [4.78, 5) is 0. The van der Waals surface area contributed by atoms with Crippen LogP contribution in [0, 0.1) is 0 Å². The summed E-state index contributed by atoms with van der Waals surface area (Å²) in [6.45, 7) is 12.4. The summed E-state index contributed by atoms with van der Waals surface area (Å²) in [6.07, 6.45) is 3.10. The number of halogens is 1. The van der Waals surface area contributed by atoms with Crippen LogP contribution in [0.25, 0.3) is 10.9 Å². The Labute approximate surface area is 139 Å². The van der Waals surface area contributed by atoms with E-state index in [0.29, 0.717) is 6.54 Å². The molecule has 0 saturated heterocycles. The number of nitrogens with zero attached hydrogens (tertiary/aromatic N) is 1. The lowest BCUT2D eigenvalue weighted by molar-refractivity contribution is 0.415. The first-order valence-electron chi connectivity index (χ1n) is 7.71. The van der Waals surface area contributed by atoms with Gasteiger partial charge in [0.15, 0.2) is 8.24 Å². The molecule has 0 saturated carbocycles. The van der Waals surface area contributed by atoms with Gasteiger partial charge in [-0.05, 0) is 35.8 Å². The Morgan fingerprint density at radius 3 is 2.41 bits per heavy atom. The van der Waals surface area contributed by atoms with Crippen LogP contribution in [0.5, 0.6) is 5.75 Å². The Kier molecular flexibility index (Phi) is 4.67. The smallest absolute Gasteiger partial charge is 0.161 e. The van der Waals surface area contributed by atoms with Gasteiger partial charge in [0.05, 0.1) is 12.1 Å². The van der Waals surface area contributed by atoms with Crippen molar-refractivity contribution in [2.75, 3.05) is 13.7 Å². The molecule has 122 valence electrons. The molecule has 0 amide bonds. The molecule has 0 bridgehead atoms. The molecule has 0 spiro atoms. The third-order valence-corrected chi connectivity index (χ3v) is 10.5. The maximum atomic E-state index is 6.54. The lowest BCUT2D eigenvalue weighted by atomic mass is 10.1. The van der Waals surface area contributed by atoms with Gasteiger partial charge in [-0.2, -0.15) is 0 Å². The molecule has 0 fully saturated rings. The van der Waals surface area contributed by atoms with Crippen molar-refractivity contribution in [1.82, 2.24) is 4.23 Å². The van der Waals surface area contributed by atoms with Gasteiger partial charge in [0, 0.05) is 17.0 Å². The van der Waals surface area contributed by atoms with Gasteiger partial charge in [-0.25, -0.2) is 0 Å². The van der Waals surface area contributed by atoms with Crippen LogP contribution in [0.2, 0.25) is 23.2 Å². The quantitative estimate of drug-likeness (QED) is 0.824. The fraction of sp³-hybridized carbons (Fsp3) is 0.529. The molecule has 2 rings (SSSR count). The Bertz CT molecular complexity index is 686. The number of aromatic nitrogens is 1. The Morgan fingerprint density at radius 2 is 1.91 bits per heavy atom. The van der Waals surface area contributed by atoms with E-state index >= 15 is 0 Å². The van der Waals surface area contributed by atoms with E-state index in [4.69, 9.17) is 22.1 Å². The van der Waals surface area contributed by atoms with Gasteiger partial charge >= 0.3 is 0 Å². The van der Waals surface area contributed by atoms with Gasteiger partial charge < -0.3 is 14.7 Å². The van der Waals surface area contributed by atoms with Gasteiger partial charge in [0.1, 0.15) is 5.75 Å². The van der Waals surface area contributed by atoms with E-state index in [0.717, 1.165) is 22.6 Å². The highest BCUT2D eigenvalue weighted by molar-refractivity contribution is 6.79. The minimum Gasteiger partial charge on any atom is -0.497 e. The lowest BCUT2D eigenvalue weighted by Gasteiger charge is -2.38. The predicted octanol–water partition coefficient (Wildman–Crippen LogP) is 4.66. The van der Waals surface area contributed by atoms with E-state index in [-0.39, 0.29) is 5.04 Å². The van der Waals surface area contributed by atoms with Crippen molar-refractivity contribution in [1.29, 1.82) is 0 Å². The Morgan fingerprint density at radius 1 is 1.27 bits per heavy atom. The van der Waals surface area contributed by atoms with Crippen LogP contribution in [0.1, 0.15) is 26.3 Å². The van der Waals surface area contributed by atoms with Crippen LogP contribution < -0.4 is 10.5 Å². The number of ether oxygens (including phenoxy) is 1. The zero-order valence-electron chi connectivity index (χ0n) is 14.5. The second-order valence-corrected chi connectivity index (χ2v) is 12.9. The molecular formula is C17H27ClN2OSi. The summed E-state index contributed by atoms with van der Waals surface area (Å²) in [5.74, 6) is 0.801. The van der Waals surface area contributed by atoms with Crippen molar-refractivity contribution in [2.45, 2.75) is 45.3 Å². The maximum absolute atomic E-state index is 6.54. The molecular weight excluding hydrogens is 312 g/mol. The van der Waals surface area contributed by atoms with E-state index in [1.54, 1.807) is 7.11 Å². The molecule has 1 aromatic carbocycles. The molecule has 2 aromatic rings. The summed E-state index contributed by atoms with van der Waals surface area (Å²) in [7, 11) is -0.0721. The zero-order valence-corrected chi connectivity index (χ0v) is 16.2. The molecule has 0 aliphatic rings. The standard InChI is InChI=1S/C17H27ClN2OSi/c1-17(2,3)22(5,6)20-11-12(7-8-19)16-14(18)9-13(21-4)10-15(16)20/h9-11H,7-8,19H2,1-6H3. The third-order valence-electron chi connectivity index (χ3n) is 5.00.